The Morgan fingerprint density at radius 1 is 1.32 bits per heavy atom. The number of carbonyl (C=O) groups excluding carboxylic acids is 3. The Morgan fingerprint density at radius 3 is 2.75 bits per heavy atom. The number of hydrogen-bond acceptors (Lipinski definition) is 6. The van der Waals surface area contributed by atoms with Gasteiger partial charge >= 0.3 is 0 Å². The van der Waals surface area contributed by atoms with Gasteiger partial charge in [-0.3, -0.25) is 14.4 Å². The Morgan fingerprint density at radius 2 is 2.11 bits per heavy atom. The molecule has 0 unspecified atom stereocenters. The molecule has 9 heteroatoms. The summed E-state index contributed by atoms with van der Waals surface area (Å²) in [4.78, 5) is 42.5. The third kappa shape index (κ3) is 5.91. The zero-order valence-corrected chi connectivity index (χ0v) is 16.8. The third-order valence-corrected chi connectivity index (χ3v) is 4.83. The SMILES string of the molecule is CC(C)CN(CC(=O)Nc1nc(CC(=O)NC2CC2)cs1)C(=O)c1ccco1. The average Bonchev–Trinajstić information content (AvgIpc) is 3.09. The molecule has 0 aromatic carbocycles. The smallest absolute Gasteiger partial charge is 0.290 e. The van der Waals surface area contributed by atoms with Crippen molar-refractivity contribution in [2.45, 2.75) is 39.2 Å². The van der Waals surface area contributed by atoms with E-state index in [-0.39, 0.29) is 42.4 Å². The molecular formula is C19H24N4O4S. The minimum absolute atomic E-state index is 0.0576. The summed E-state index contributed by atoms with van der Waals surface area (Å²) < 4.78 is 5.16. The standard InChI is InChI=1S/C19H24N4O4S/c1-12(2)9-23(18(26)15-4-3-7-27-15)10-17(25)22-19-21-14(11-28-19)8-16(24)20-13-5-6-13/h3-4,7,11-13H,5-6,8-10H2,1-2H3,(H,20,24)(H,21,22,25). The lowest BCUT2D eigenvalue weighted by Gasteiger charge is -2.22. The molecule has 1 fully saturated rings. The molecule has 2 aromatic rings. The van der Waals surface area contributed by atoms with Gasteiger partial charge in [0.05, 0.1) is 18.4 Å². The van der Waals surface area contributed by atoms with Gasteiger partial charge in [0.15, 0.2) is 10.9 Å². The molecule has 150 valence electrons. The fourth-order valence-corrected chi connectivity index (χ4v) is 3.39. The fraction of sp³-hybridized carbons (Fsp3) is 0.474. The molecule has 1 saturated carbocycles. The van der Waals surface area contributed by atoms with Crippen molar-refractivity contribution in [3.05, 3.63) is 35.2 Å². The van der Waals surface area contributed by atoms with Crippen LogP contribution < -0.4 is 10.6 Å². The summed E-state index contributed by atoms with van der Waals surface area (Å²) in [6.07, 6.45) is 3.69. The first kappa shape index (κ1) is 20.1. The zero-order valence-electron chi connectivity index (χ0n) is 15.9. The van der Waals surface area contributed by atoms with Crippen LogP contribution in [0.2, 0.25) is 0 Å². The van der Waals surface area contributed by atoms with Gasteiger partial charge in [0.25, 0.3) is 5.91 Å². The van der Waals surface area contributed by atoms with Crippen molar-refractivity contribution in [2.75, 3.05) is 18.4 Å². The predicted octanol–water partition coefficient (Wildman–Crippen LogP) is 2.29. The molecule has 0 radical (unpaired) electrons. The van der Waals surface area contributed by atoms with Gasteiger partial charge in [-0.1, -0.05) is 13.8 Å². The number of furan rings is 1. The number of thiazole rings is 1. The lowest BCUT2D eigenvalue weighted by atomic mass is 10.2. The minimum atomic E-state index is -0.344. The Hall–Kier alpha value is -2.68. The predicted molar refractivity (Wildman–Crippen MR) is 105 cm³/mol. The van der Waals surface area contributed by atoms with E-state index in [0.717, 1.165) is 12.8 Å². The second-order valence-corrected chi connectivity index (χ2v) is 8.13. The molecule has 0 saturated heterocycles. The van der Waals surface area contributed by atoms with Gasteiger partial charge in [-0.2, -0.15) is 0 Å². The summed E-state index contributed by atoms with van der Waals surface area (Å²) in [5, 5.41) is 7.78. The molecule has 2 N–H and O–H groups in total. The summed E-state index contributed by atoms with van der Waals surface area (Å²) in [7, 11) is 0. The minimum Gasteiger partial charge on any atom is -0.459 e. The number of amides is 3. The summed E-state index contributed by atoms with van der Waals surface area (Å²) in [5.41, 5.74) is 0.615. The van der Waals surface area contributed by atoms with E-state index in [2.05, 4.69) is 15.6 Å². The van der Waals surface area contributed by atoms with Gasteiger partial charge in [-0.05, 0) is 30.9 Å². The summed E-state index contributed by atoms with van der Waals surface area (Å²) in [6.45, 7) is 4.27. The Labute approximate surface area is 167 Å². The Bertz CT molecular complexity index is 827. The molecule has 0 spiro atoms. The van der Waals surface area contributed by atoms with Crippen LogP contribution in [-0.2, 0) is 16.0 Å². The van der Waals surface area contributed by atoms with Crippen LogP contribution in [0, 0.1) is 5.92 Å². The fourth-order valence-electron chi connectivity index (χ4n) is 2.66. The summed E-state index contributed by atoms with van der Waals surface area (Å²) >= 11 is 1.26. The molecule has 8 nitrogen and oxygen atoms in total. The van der Waals surface area contributed by atoms with Gasteiger partial charge in [-0.15, -0.1) is 11.3 Å². The van der Waals surface area contributed by atoms with E-state index >= 15 is 0 Å². The van der Waals surface area contributed by atoms with E-state index in [1.165, 1.54) is 22.5 Å². The third-order valence-electron chi connectivity index (χ3n) is 4.02. The normalized spacial score (nSPS) is 13.4. The van der Waals surface area contributed by atoms with Gasteiger partial charge in [0.2, 0.25) is 11.8 Å². The van der Waals surface area contributed by atoms with Crippen LogP contribution in [0.5, 0.6) is 0 Å². The molecule has 3 rings (SSSR count). The molecule has 28 heavy (non-hydrogen) atoms. The van der Waals surface area contributed by atoms with Crippen LogP contribution in [-0.4, -0.2) is 46.7 Å². The maximum absolute atomic E-state index is 12.5. The maximum Gasteiger partial charge on any atom is 0.290 e. The van der Waals surface area contributed by atoms with Crippen LogP contribution in [0.4, 0.5) is 5.13 Å². The molecule has 0 bridgehead atoms. The van der Waals surface area contributed by atoms with Crippen molar-refractivity contribution in [1.29, 1.82) is 0 Å². The second kappa shape index (κ2) is 9.01. The first-order chi connectivity index (χ1) is 13.4. The number of nitrogens with zero attached hydrogens (tertiary/aromatic N) is 2. The monoisotopic (exact) mass is 404 g/mol. The molecule has 1 aliphatic rings. The number of carbonyl (C=O) groups is 3. The molecule has 0 aliphatic heterocycles. The molecule has 1 aliphatic carbocycles. The molecule has 2 aromatic heterocycles. The van der Waals surface area contributed by atoms with Gasteiger partial charge < -0.3 is 20.0 Å². The number of hydrogen-bond donors (Lipinski definition) is 2. The van der Waals surface area contributed by atoms with Crippen molar-refractivity contribution in [2.24, 2.45) is 5.92 Å². The van der Waals surface area contributed by atoms with Crippen LogP contribution >= 0.6 is 11.3 Å². The van der Waals surface area contributed by atoms with Crippen molar-refractivity contribution in [3.8, 4) is 0 Å². The van der Waals surface area contributed by atoms with E-state index in [1.807, 2.05) is 13.8 Å². The van der Waals surface area contributed by atoms with Crippen molar-refractivity contribution in [1.82, 2.24) is 15.2 Å². The van der Waals surface area contributed by atoms with Crippen LogP contribution in [0.25, 0.3) is 0 Å². The van der Waals surface area contributed by atoms with Gasteiger partial charge in [0, 0.05) is 18.0 Å². The van der Waals surface area contributed by atoms with Crippen molar-refractivity contribution in [3.63, 3.8) is 0 Å². The number of aromatic nitrogens is 1. The highest BCUT2D eigenvalue weighted by Gasteiger charge is 2.24. The van der Waals surface area contributed by atoms with E-state index < -0.39 is 0 Å². The highest BCUT2D eigenvalue weighted by atomic mass is 32.1. The Kier molecular flexibility index (Phi) is 6.45. The average molecular weight is 404 g/mol. The topological polar surface area (TPSA) is 105 Å². The molecule has 3 amide bonds. The number of rotatable bonds is 9. The lowest BCUT2D eigenvalue weighted by Crippen LogP contribution is -2.40. The molecule has 2 heterocycles. The van der Waals surface area contributed by atoms with Crippen LogP contribution in [0.3, 0.4) is 0 Å². The van der Waals surface area contributed by atoms with E-state index in [9.17, 15) is 14.4 Å². The highest BCUT2D eigenvalue weighted by Crippen LogP contribution is 2.20. The largest absolute Gasteiger partial charge is 0.459 e. The first-order valence-electron chi connectivity index (χ1n) is 9.27. The highest BCUT2D eigenvalue weighted by molar-refractivity contribution is 7.13. The van der Waals surface area contributed by atoms with Crippen molar-refractivity contribution >= 4 is 34.2 Å². The lowest BCUT2D eigenvalue weighted by molar-refractivity contribution is -0.120. The van der Waals surface area contributed by atoms with Gasteiger partial charge in [-0.25, -0.2) is 4.98 Å². The first-order valence-corrected chi connectivity index (χ1v) is 10.1. The maximum atomic E-state index is 12.5. The van der Waals surface area contributed by atoms with Gasteiger partial charge in [0.1, 0.15) is 6.54 Å². The summed E-state index contributed by atoms with van der Waals surface area (Å²) in [5.74, 6) is -0.332. The zero-order chi connectivity index (χ0) is 20.1. The van der Waals surface area contributed by atoms with Crippen molar-refractivity contribution < 1.29 is 18.8 Å². The van der Waals surface area contributed by atoms with Crippen LogP contribution in [0.15, 0.2) is 28.2 Å². The number of nitrogens with one attached hydrogen (secondary N) is 2. The second-order valence-electron chi connectivity index (χ2n) is 7.27. The van der Waals surface area contributed by atoms with Crippen LogP contribution in [0.1, 0.15) is 42.9 Å². The Balaban J connectivity index is 1.55. The quantitative estimate of drug-likeness (QED) is 0.667. The number of anilines is 1. The van der Waals surface area contributed by atoms with E-state index in [4.69, 9.17) is 4.42 Å². The molecule has 0 atom stereocenters. The summed E-state index contributed by atoms with van der Waals surface area (Å²) in [6, 6.07) is 3.52. The van der Waals surface area contributed by atoms with E-state index in [0.29, 0.717) is 23.4 Å². The molecular weight excluding hydrogens is 380 g/mol. The van der Waals surface area contributed by atoms with E-state index in [1.54, 1.807) is 17.5 Å².